The highest BCUT2D eigenvalue weighted by atomic mass is 32.2. The molecule has 32 heavy (non-hydrogen) atoms. The predicted molar refractivity (Wildman–Crippen MR) is 121 cm³/mol. The Kier molecular flexibility index (Phi) is 6.17. The van der Waals surface area contributed by atoms with Crippen molar-refractivity contribution in [2.24, 2.45) is 0 Å². The molecule has 2 fully saturated rings. The number of nitrogens with zero attached hydrogens (tertiary/aromatic N) is 3. The maximum atomic E-state index is 13.2. The first kappa shape index (κ1) is 22.9. The molecule has 9 nitrogen and oxygen atoms in total. The van der Waals surface area contributed by atoms with Gasteiger partial charge in [0.1, 0.15) is 5.82 Å². The van der Waals surface area contributed by atoms with Gasteiger partial charge in [-0.15, -0.1) is 0 Å². The lowest BCUT2D eigenvalue weighted by atomic mass is 10.1. The Hall–Kier alpha value is -2.24. The third-order valence-electron chi connectivity index (χ3n) is 6.04. The van der Waals surface area contributed by atoms with Crippen molar-refractivity contribution in [3.05, 3.63) is 41.1 Å². The highest BCUT2D eigenvalue weighted by molar-refractivity contribution is 7.91. The fraction of sp³-hybridized carbons (Fsp3) is 0.524. The second-order valence-corrected chi connectivity index (χ2v) is 12.7. The van der Waals surface area contributed by atoms with Gasteiger partial charge in [0.25, 0.3) is 5.91 Å². The monoisotopic (exact) mass is 480 g/mol. The van der Waals surface area contributed by atoms with Crippen LogP contribution in [-0.4, -0.2) is 61.4 Å². The van der Waals surface area contributed by atoms with E-state index in [1.54, 1.807) is 36.7 Å². The third-order valence-corrected chi connectivity index (χ3v) is 9.83. The molecule has 2 aliphatic heterocycles. The number of hydrogen-bond acceptors (Lipinski definition) is 6. The smallest absolute Gasteiger partial charge is 0.256 e. The standard InChI is InChI=1S/C21H28N4O5S2/c1-15-6-7-17(13-19(15)32(29,30)24-9-4-3-5-10-24)21(26)22-20-12-16(2)23-25(20)18-8-11-31(27,28)14-18/h6-7,12-13,18H,3-5,8-11,14H2,1-2H3,(H,22,26). The van der Waals surface area contributed by atoms with Crippen LogP contribution in [0.3, 0.4) is 0 Å². The molecular formula is C21H28N4O5S2. The van der Waals surface area contributed by atoms with E-state index in [1.165, 1.54) is 10.4 Å². The van der Waals surface area contributed by atoms with Crippen LogP contribution < -0.4 is 5.32 Å². The number of nitrogens with one attached hydrogen (secondary N) is 1. The summed E-state index contributed by atoms with van der Waals surface area (Å²) in [5.41, 5.74) is 1.46. The summed E-state index contributed by atoms with van der Waals surface area (Å²) in [5.74, 6) is 0.0112. The van der Waals surface area contributed by atoms with E-state index in [2.05, 4.69) is 10.4 Å². The van der Waals surface area contributed by atoms with Gasteiger partial charge in [0.2, 0.25) is 10.0 Å². The average Bonchev–Trinajstić information content (AvgIpc) is 3.29. The van der Waals surface area contributed by atoms with Crippen molar-refractivity contribution in [3.63, 3.8) is 0 Å². The molecule has 4 rings (SSSR count). The molecule has 1 aromatic heterocycles. The summed E-state index contributed by atoms with van der Waals surface area (Å²) < 4.78 is 53.1. The number of benzene rings is 1. The average molecular weight is 481 g/mol. The summed E-state index contributed by atoms with van der Waals surface area (Å²) in [6.45, 7) is 4.46. The number of rotatable bonds is 5. The lowest BCUT2D eigenvalue weighted by Gasteiger charge is -2.26. The number of aromatic nitrogens is 2. The van der Waals surface area contributed by atoms with E-state index in [4.69, 9.17) is 0 Å². The predicted octanol–water partition coefficient (Wildman–Crippen LogP) is 2.29. The van der Waals surface area contributed by atoms with Crippen molar-refractivity contribution in [1.82, 2.24) is 14.1 Å². The molecule has 1 aromatic carbocycles. The Morgan fingerprint density at radius 2 is 1.84 bits per heavy atom. The van der Waals surface area contributed by atoms with E-state index in [-0.39, 0.29) is 28.0 Å². The van der Waals surface area contributed by atoms with Gasteiger partial charge in [0.15, 0.2) is 9.84 Å². The van der Waals surface area contributed by atoms with Crippen LogP contribution in [0.5, 0.6) is 0 Å². The van der Waals surface area contributed by atoms with E-state index in [9.17, 15) is 21.6 Å². The van der Waals surface area contributed by atoms with Gasteiger partial charge in [-0.1, -0.05) is 12.5 Å². The molecule has 0 saturated carbocycles. The van der Waals surface area contributed by atoms with Gasteiger partial charge >= 0.3 is 0 Å². The summed E-state index contributed by atoms with van der Waals surface area (Å²) in [5, 5.41) is 7.16. The van der Waals surface area contributed by atoms with Gasteiger partial charge in [-0.2, -0.15) is 9.40 Å². The number of piperidine rings is 1. The van der Waals surface area contributed by atoms with Gasteiger partial charge in [-0.05, 0) is 50.8 Å². The molecule has 174 valence electrons. The molecule has 2 aromatic rings. The Morgan fingerprint density at radius 1 is 1.12 bits per heavy atom. The van der Waals surface area contributed by atoms with Gasteiger partial charge in [-0.3, -0.25) is 4.79 Å². The maximum Gasteiger partial charge on any atom is 0.256 e. The second-order valence-electron chi connectivity index (χ2n) is 8.57. The van der Waals surface area contributed by atoms with Gasteiger partial charge in [-0.25, -0.2) is 21.5 Å². The first-order valence-corrected chi connectivity index (χ1v) is 14.0. The number of amides is 1. The number of aryl methyl sites for hydroxylation is 2. The van der Waals surface area contributed by atoms with E-state index in [1.807, 2.05) is 0 Å². The maximum absolute atomic E-state index is 13.2. The number of sulfone groups is 1. The summed E-state index contributed by atoms with van der Waals surface area (Å²) >= 11 is 0. The van der Waals surface area contributed by atoms with Crippen LogP contribution in [0, 0.1) is 13.8 Å². The summed E-state index contributed by atoms with van der Waals surface area (Å²) in [6.07, 6.45) is 3.12. The van der Waals surface area contributed by atoms with Crippen molar-refractivity contribution in [1.29, 1.82) is 0 Å². The zero-order valence-electron chi connectivity index (χ0n) is 18.2. The van der Waals surface area contributed by atoms with Crippen molar-refractivity contribution in [2.75, 3.05) is 29.9 Å². The normalized spacial score (nSPS) is 21.5. The van der Waals surface area contributed by atoms with E-state index >= 15 is 0 Å². The fourth-order valence-electron chi connectivity index (χ4n) is 4.31. The summed E-state index contributed by atoms with van der Waals surface area (Å²) in [4.78, 5) is 13.1. The fourth-order valence-corrected chi connectivity index (χ4v) is 7.77. The lowest BCUT2D eigenvalue weighted by molar-refractivity contribution is 0.102. The van der Waals surface area contributed by atoms with Crippen molar-refractivity contribution in [2.45, 2.75) is 50.5 Å². The molecular weight excluding hydrogens is 452 g/mol. The topological polar surface area (TPSA) is 118 Å². The molecule has 0 bridgehead atoms. The van der Waals surface area contributed by atoms with Crippen LogP contribution in [0.15, 0.2) is 29.2 Å². The van der Waals surface area contributed by atoms with Crippen LogP contribution in [0.1, 0.15) is 53.3 Å². The highest BCUT2D eigenvalue weighted by Gasteiger charge is 2.32. The molecule has 1 amide bonds. The molecule has 0 aliphatic carbocycles. The van der Waals surface area contributed by atoms with Crippen molar-refractivity contribution >= 4 is 31.6 Å². The number of carbonyl (C=O) groups excluding carboxylic acids is 1. The molecule has 1 unspecified atom stereocenters. The van der Waals surface area contributed by atoms with E-state index < -0.39 is 25.8 Å². The molecule has 2 aliphatic rings. The molecule has 3 heterocycles. The molecule has 2 saturated heterocycles. The van der Waals surface area contributed by atoms with Crippen LogP contribution in [-0.2, 0) is 19.9 Å². The van der Waals surface area contributed by atoms with E-state index in [0.29, 0.717) is 36.6 Å². The Bertz CT molecular complexity index is 1240. The van der Waals surface area contributed by atoms with Crippen LogP contribution in [0.4, 0.5) is 5.82 Å². The van der Waals surface area contributed by atoms with Crippen LogP contribution in [0.2, 0.25) is 0 Å². The number of sulfonamides is 1. The largest absolute Gasteiger partial charge is 0.307 e. The minimum absolute atomic E-state index is 0.0141. The zero-order valence-corrected chi connectivity index (χ0v) is 19.9. The van der Waals surface area contributed by atoms with E-state index in [0.717, 1.165) is 19.3 Å². The van der Waals surface area contributed by atoms with Gasteiger partial charge in [0.05, 0.1) is 28.1 Å². The first-order chi connectivity index (χ1) is 15.1. The van der Waals surface area contributed by atoms with Crippen molar-refractivity contribution < 1.29 is 21.6 Å². The number of hydrogen-bond donors (Lipinski definition) is 1. The van der Waals surface area contributed by atoms with Gasteiger partial charge < -0.3 is 5.32 Å². The molecule has 0 spiro atoms. The zero-order chi connectivity index (χ0) is 23.1. The quantitative estimate of drug-likeness (QED) is 0.701. The Morgan fingerprint density at radius 3 is 2.50 bits per heavy atom. The summed E-state index contributed by atoms with van der Waals surface area (Å²) in [6, 6.07) is 5.99. The Balaban J connectivity index is 1.60. The van der Waals surface area contributed by atoms with Gasteiger partial charge in [0, 0.05) is 24.7 Å². The number of anilines is 1. The molecule has 1 atom stereocenters. The molecule has 1 N–H and O–H groups in total. The first-order valence-electron chi connectivity index (χ1n) is 10.8. The third kappa shape index (κ3) is 4.60. The summed E-state index contributed by atoms with van der Waals surface area (Å²) in [7, 11) is -6.80. The van der Waals surface area contributed by atoms with Crippen molar-refractivity contribution in [3.8, 4) is 0 Å². The molecule has 0 radical (unpaired) electrons. The Labute approximate surface area is 188 Å². The van der Waals surface area contributed by atoms with Crippen LogP contribution >= 0.6 is 0 Å². The SMILES string of the molecule is Cc1cc(NC(=O)c2ccc(C)c(S(=O)(=O)N3CCCCC3)c2)n(C2CCS(=O)(=O)C2)n1. The number of carbonyl (C=O) groups is 1. The minimum Gasteiger partial charge on any atom is -0.307 e. The lowest BCUT2D eigenvalue weighted by Crippen LogP contribution is -2.36. The second kappa shape index (κ2) is 8.60. The molecule has 11 heteroatoms. The van der Waals surface area contributed by atoms with Crippen LogP contribution in [0.25, 0.3) is 0 Å². The highest BCUT2D eigenvalue weighted by Crippen LogP contribution is 2.28. The minimum atomic E-state index is -3.68.